The Bertz CT molecular complexity index is 1090. The monoisotopic (exact) mass is 376 g/mol. The van der Waals surface area contributed by atoms with Crippen LogP contribution in [0.2, 0.25) is 0 Å². The zero-order valence-corrected chi connectivity index (χ0v) is 14.9. The number of anilines is 2. The number of hydrogen-bond donors (Lipinski definition) is 2. The van der Waals surface area contributed by atoms with Gasteiger partial charge in [-0.2, -0.15) is 10.1 Å². The van der Waals surface area contributed by atoms with Crippen LogP contribution in [0.5, 0.6) is 11.5 Å². The Kier molecular flexibility index (Phi) is 3.71. The molecule has 2 aromatic heterocycles. The largest absolute Gasteiger partial charge is 0.454 e. The normalized spacial score (nSPS) is 17.1. The molecule has 2 aliphatic rings. The minimum absolute atomic E-state index is 0.183. The summed E-state index contributed by atoms with van der Waals surface area (Å²) in [6, 6.07) is 8.69. The molecule has 1 amide bonds. The minimum Gasteiger partial charge on any atom is -0.454 e. The molecular weight excluding hydrogens is 360 g/mol. The number of carbonyl (C=O) groups excluding carboxylic acids is 1. The zero-order valence-electron chi connectivity index (χ0n) is 14.9. The number of carbonyl (C=O) groups is 1. The van der Waals surface area contributed by atoms with Crippen molar-refractivity contribution in [1.29, 1.82) is 0 Å². The molecule has 3 aromatic rings. The van der Waals surface area contributed by atoms with Crippen LogP contribution >= 0.6 is 0 Å². The SMILES string of the molecule is CC1=C(C(=O)Nc2cccnc2)C(c2ccc3c(c2)OCO3)n2ncnc2N1. The van der Waals surface area contributed by atoms with Crippen LogP contribution in [0.3, 0.4) is 0 Å². The molecule has 0 saturated heterocycles. The Balaban J connectivity index is 1.58. The average molecular weight is 376 g/mol. The van der Waals surface area contributed by atoms with Crippen LogP contribution in [-0.2, 0) is 4.79 Å². The third-order valence-corrected chi connectivity index (χ3v) is 4.67. The smallest absolute Gasteiger partial charge is 0.255 e. The fraction of sp³-hybridized carbons (Fsp3) is 0.158. The molecule has 0 fully saturated rings. The number of benzene rings is 1. The van der Waals surface area contributed by atoms with E-state index in [9.17, 15) is 4.79 Å². The number of nitrogens with one attached hydrogen (secondary N) is 2. The van der Waals surface area contributed by atoms with Crippen LogP contribution in [0, 0.1) is 0 Å². The summed E-state index contributed by atoms with van der Waals surface area (Å²) in [5, 5.41) is 10.4. The van der Waals surface area contributed by atoms with Gasteiger partial charge in [-0.05, 0) is 36.8 Å². The topological polar surface area (TPSA) is 103 Å². The first-order valence-electron chi connectivity index (χ1n) is 8.69. The highest BCUT2D eigenvalue weighted by Crippen LogP contribution is 2.40. The van der Waals surface area contributed by atoms with Gasteiger partial charge in [0.25, 0.3) is 5.91 Å². The lowest BCUT2D eigenvalue weighted by Crippen LogP contribution is -2.31. The molecule has 0 aliphatic carbocycles. The Hall–Kier alpha value is -3.88. The molecule has 0 radical (unpaired) electrons. The Morgan fingerprint density at radius 2 is 2.18 bits per heavy atom. The molecule has 5 rings (SSSR count). The molecule has 1 aromatic carbocycles. The van der Waals surface area contributed by atoms with Crippen molar-refractivity contribution >= 4 is 17.5 Å². The molecule has 1 unspecified atom stereocenters. The van der Waals surface area contributed by atoms with Crippen molar-refractivity contribution in [2.45, 2.75) is 13.0 Å². The van der Waals surface area contributed by atoms with E-state index in [4.69, 9.17) is 9.47 Å². The van der Waals surface area contributed by atoms with Crippen molar-refractivity contribution in [2.24, 2.45) is 0 Å². The molecule has 9 nitrogen and oxygen atoms in total. The van der Waals surface area contributed by atoms with E-state index in [-0.39, 0.29) is 12.7 Å². The fourth-order valence-corrected chi connectivity index (χ4v) is 3.41. The van der Waals surface area contributed by atoms with Crippen molar-refractivity contribution in [3.05, 3.63) is 65.9 Å². The Morgan fingerprint density at radius 3 is 3.04 bits per heavy atom. The van der Waals surface area contributed by atoms with Gasteiger partial charge in [0.05, 0.1) is 17.5 Å². The molecule has 0 spiro atoms. The summed E-state index contributed by atoms with van der Waals surface area (Å²) in [6.45, 7) is 2.03. The highest BCUT2D eigenvalue weighted by Gasteiger charge is 2.34. The predicted octanol–water partition coefficient (Wildman–Crippen LogP) is 2.33. The number of hydrogen-bond acceptors (Lipinski definition) is 7. The predicted molar refractivity (Wildman–Crippen MR) is 99.9 cm³/mol. The maximum absolute atomic E-state index is 13.2. The molecule has 0 bridgehead atoms. The van der Waals surface area contributed by atoms with Crippen molar-refractivity contribution in [1.82, 2.24) is 19.7 Å². The highest BCUT2D eigenvalue weighted by atomic mass is 16.7. The van der Waals surface area contributed by atoms with Crippen molar-refractivity contribution < 1.29 is 14.3 Å². The van der Waals surface area contributed by atoms with E-state index < -0.39 is 6.04 Å². The molecule has 28 heavy (non-hydrogen) atoms. The summed E-state index contributed by atoms with van der Waals surface area (Å²) in [7, 11) is 0. The van der Waals surface area contributed by atoms with Crippen molar-refractivity contribution in [3.8, 4) is 11.5 Å². The first-order chi connectivity index (χ1) is 13.7. The van der Waals surface area contributed by atoms with Gasteiger partial charge in [-0.1, -0.05) is 6.07 Å². The second-order valence-electron chi connectivity index (χ2n) is 6.40. The number of amides is 1. The van der Waals surface area contributed by atoms with Gasteiger partial charge >= 0.3 is 0 Å². The van der Waals surface area contributed by atoms with E-state index in [2.05, 4.69) is 25.7 Å². The Morgan fingerprint density at radius 1 is 1.29 bits per heavy atom. The molecule has 4 heterocycles. The number of fused-ring (bicyclic) bond motifs is 2. The van der Waals surface area contributed by atoms with E-state index in [1.807, 2.05) is 25.1 Å². The van der Waals surface area contributed by atoms with E-state index >= 15 is 0 Å². The first kappa shape index (κ1) is 16.3. The van der Waals surface area contributed by atoms with Gasteiger partial charge in [0, 0.05) is 11.9 Å². The van der Waals surface area contributed by atoms with Crippen molar-refractivity contribution in [3.63, 3.8) is 0 Å². The standard InChI is InChI=1S/C19H16N6O3/c1-11-16(18(26)24-13-3-2-6-20-8-13)17(25-19(23-11)21-9-22-25)12-4-5-14-15(7-12)28-10-27-14/h2-9,17H,10H2,1H3,(H,24,26)(H,21,22,23). The summed E-state index contributed by atoms with van der Waals surface area (Å²) >= 11 is 0. The maximum atomic E-state index is 13.2. The number of pyridine rings is 1. The van der Waals surface area contributed by atoms with E-state index in [1.165, 1.54) is 6.33 Å². The van der Waals surface area contributed by atoms with Crippen LogP contribution in [0.15, 0.2) is 60.3 Å². The van der Waals surface area contributed by atoms with Gasteiger partial charge in [-0.3, -0.25) is 9.78 Å². The molecular formula is C19H16N6O3. The summed E-state index contributed by atoms with van der Waals surface area (Å²) in [6.07, 6.45) is 4.71. The lowest BCUT2D eigenvalue weighted by Gasteiger charge is -2.28. The third-order valence-electron chi connectivity index (χ3n) is 4.67. The number of ether oxygens (including phenoxy) is 2. The number of allylic oxidation sites excluding steroid dienone is 1. The maximum Gasteiger partial charge on any atom is 0.255 e. The summed E-state index contributed by atoms with van der Waals surface area (Å²) in [4.78, 5) is 21.5. The zero-order chi connectivity index (χ0) is 19.1. The van der Waals surface area contributed by atoms with Gasteiger partial charge in [0.2, 0.25) is 12.7 Å². The fourth-order valence-electron chi connectivity index (χ4n) is 3.41. The van der Waals surface area contributed by atoms with Crippen LogP contribution in [0.25, 0.3) is 0 Å². The van der Waals surface area contributed by atoms with E-state index in [1.54, 1.807) is 29.2 Å². The van der Waals surface area contributed by atoms with Gasteiger partial charge < -0.3 is 20.1 Å². The molecule has 140 valence electrons. The molecule has 9 heteroatoms. The van der Waals surface area contributed by atoms with Gasteiger partial charge in [0.15, 0.2) is 11.5 Å². The quantitative estimate of drug-likeness (QED) is 0.723. The van der Waals surface area contributed by atoms with E-state index in [0.717, 1.165) is 5.56 Å². The summed E-state index contributed by atoms with van der Waals surface area (Å²) in [5.41, 5.74) is 2.68. The van der Waals surface area contributed by atoms with Crippen LogP contribution in [-0.4, -0.2) is 32.4 Å². The van der Waals surface area contributed by atoms with Crippen LogP contribution in [0.4, 0.5) is 11.6 Å². The number of nitrogens with zero attached hydrogens (tertiary/aromatic N) is 4. The van der Waals surface area contributed by atoms with E-state index in [0.29, 0.717) is 34.4 Å². The molecule has 0 saturated carbocycles. The third kappa shape index (κ3) is 2.64. The number of aromatic nitrogens is 4. The van der Waals surface area contributed by atoms with Gasteiger partial charge in [0.1, 0.15) is 12.4 Å². The summed E-state index contributed by atoms with van der Waals surface area (Å²) < 4.78 is 12.6. The van der Waals surface area contributed by atoms with Gasteiger partial charge in [-0.15, -0.1) is 0 Å². The highest BCUT2D eigenvalue weighted by molar-refractivity contribution is 6.05. The lowest BCUT2D eigenvalue weighted by atomic mass is 9.94. The van der Waals surface area contributed by atoms with Crippen LogP contribution in [0.1, 0.15) is 18.5 Å². The second kappa shape index (κ2) is 6.38. The van der Waals surface area contributed by atoms with Gasteiger partial charge in [-0.25, -0.2) is 4.68 Å². The minimum atomic E-state index is -0.468. The van der Waals surface area contributed by atoms with Crippen LogP contribution < -0.4 is 20.1 Å². The lowest BCUT2D eigenvalue weighted by molar-refractivity contribution is -0.113. The average Bonchev–Trinajstić information content (AvgIpc) is 3.35. The Labute approximate surface area is 160 Å². The summed E-state index contributed by atoms with van der Waals surface area (Å²) in [5.74, 6) is 1.64. The molecule has 2 N–H and O–H groups in total. The second-order valence-corrected chi connectivity index (χ2v) is 6.40. The molecule has 2 aliphatic heterocycles. The van der Waals surface area contributed by atoms with Crippen molar-refractivity contribution in [2.75, 3.05) is 17.4 Å². The first-order valence-corrected chi connectivity index (χ1v) is 8.69. The number of rotatable bonds is 3. The molecule has 1 atom stereocenters.